The average Bonchev–Trinajstić information content (AvgIpc) is 2.46. The number of hydrogen-bond donors (Lipinski definition) is 0. The Balaban J connectivity index is 2.75. The number of nitrogens with zero attached hydrogens (tertiary/aromatic N) is 2. The van der Waals surface area contributed by atoms with Gasteiger partial charge in [0.2, 0.25) is 0 Å². The number of allylic oxidation sites excluding steroid dienone is 2. The fourth-order valence-electron chi connectivity index (χ4n) is 3.52. The summed E-state index contributed by atoms with van der Waals surface area (Å²) in [6.07, 6.45) is 2.63. The maximum Gasteiger partial charge on any atom is 0.00157 e. The van der Waals surface area contributed by atoms with Crippen molar-refractivity contribution in [2.24, 2.45) is 11.8 Å². The molecule has 0 bridgehead atoms. The monoisotopic (exact) mass is 280 g/mol. The zero-order valence-electron chi connectivity index (χ0n) is 14.7. The van der Waals surface area contributed by atoms with E-state index in [9.17, 15) is 0 Å². The second-order valence-electron chi connectivity index (χ2n) is 6.46. The molecule has 1 aliphatic rings. The molecule has 0 aromatic carbocycles. The Hall–Kier alpha value is -0.340. The van der Waals surface area contributed by atoms with E-state index in [1.165, 1.54) is 52.1 Å². The summed E-state index contributed by atoms with van der Waals surface area (Å²) in [7, 11) is 0. The molecule has 2 nitrogen and oxygen atoms in total. The molecule has 0 fully saturated rings. The van der Waals surface area contributed by atoms with Gasteiger partial charge in [-0.05, 0) is 64.7 Å². The molecule has 1 rings (SSSR count). The Labute approximate surface area is 127 Å². The third-order valence-corrected chi connectivity index (χ3v) is 5.31. The van der Waals surface area contributed by atoms with E-state index >= 15 is 0 Å². The van der Waals surface area contributed by atoms with E-state index in [1.807, 2.05) is 0 Å². The standard InChI is InChI=1S/C18H36N2/c1-7-19(8-2)13-17-11-15(5)16(6)12-18(17)14-20(9-3)10-4/h17-18H,7-14H2,1-6H3/t17-,18-/m0/s1. The molecule has 0 saturated carbocycles. The molecule has 0 aromatic heterocycles. The van der Waals surface area contributed by atoms with Gasteiger partial charge in [-0.15, -0.1) is 0 Å². The van der Waals surface area contributed by atoms with Crippen LogP contribution < -0.4 is 0 Å². The van der Waals surface area contributed by atoms with E-state index in [1.54, 1.807) is 11.1 Å². The topological polar surface area (TPSA) is 6.48 Å². The van der Waals surface area contributed by atoms with Gasteiger partial charge in [-0.1, -0.05) is 38.8 Å². The van der Waals surface area contributed by atoms with Crippen LogP contribution in [0.1, 0.15) is 54.4 Å². The van der Waals surface area contributed by atoms with Gasteiger partial charge in [0.15, 0.2) is 0 Å². The van der Waals surface area contributed by atoms with Gasteiger partial charge in [0.05, 0.1) is 0 Å². The normalized spacial score (nSPS) is 24.0. The molecule has 0 saturated heterocycles. The second-order valence-corrected chi connectivity index (χ2v) is 6.46. The summed E-state index contributed by atoms with van der Waals surface area (Å²) in [6, 6.07) is 0. The fourth-order valence-corrected chi connectivity index (χ4v) is 3.52. The Bertz CT molecular complexity index is 271. The van der Waals surface area contributed by atoms with Crippen molar-refractivity contribution in [1.29, 1.82) is 0 Å². The van der Waals surface area contributed by atoms with E-state index in [0.717, 1.165) is 11.8 Å². The Morgan fingerprint density at radius 1 is 0.700 bits per heavy atom. The predicted molar refractivity (Wildman–Crippen MR) is 90.2 cm³/mol. The molecule has 0 aliphatic heterocycles. The summed E-state index contributed by atoms with van der Waals surface area (Å²) in [5.41, 5.74) is 3.30. The van der Waals surface area contributed by atoms with Gasteiger partial charge in [-0.25, -0.2) is 0 Å². The first-order chi connectivity index (χ1) is 9.55. The van der Waals surface area contributed by atoms with Crippen molar-refractivity contribution in [3.05, 3.63) is 11.1 Å². The van der Waals surface area contributed by atoms with Crippen LogP contribution >= 0.6 is 0 Å². The lowest BCUT2D eigenvalue weighted by Crippen LogP contribution is -2.40. The van der Waals surface area contributed by atoms with Crippen LogP contribution in [0, 0.1) is 11.8 Å². The van der Waals surface area contributed by atoms with Gasteiger partial charge in [-0.3, -0.25) is 0 Å². The van der Waals surface area contributed by atoms with Gasteiger partial charge < -0.3 is 9.80 Å². The zero-order chi connectivity index (χ0) is 15.1. The SMILES string of the molecule is CCN(CC)C[C@@H]1CC(C)=C(C)C[C@H]1CN(CC)CC. The van der Waals surface area contributed by atoms with Crippen LogP contribution in [0.5, 0.6) is 0 Å². The smallest absolute Gasteiger partial charge is 0.00157 e. The van der Waals surface area contributed by atoms with Gasteiger partial charge >= 0.3 is 0 Å². The molecule has 2 heteroatoms. The first-order valence-corrected chi connectivity index (χ1v) is 8.65. The second kappa shape index (κ2) is 8.84. The predicted octanol–water partition coefficient (Wildman–Crippen LogP) is 4.03. The maximum atomic E-state index is 2.60. The highest BCUT2D eigenvalue weighted by atomic mass is 15.1. The maximum absolute atomic E-state index is 2.60. The minimum Gasteiger partial charge on any atom is -0.304 e. The molecule has 20 heavy (non-hydrogen) atoms. The Kier molecular flexibility index (Phi) is 7.83. The van der Waals surface area contributed by atoms with Gasteiger partial charge in [0.1, 0.15) is 0 Å². The molecule has 0 N–H and O–H groups in total. The molecule has 0 spiro atoms. The van der Waals surface area contributed by atoms with Crippen LogP contribution in [0.3, 0.4) is 0 Å². The lowest BCUT2D eigenvalue weighted by Gasteiger charge is -2.38. The summed E-state index contributed by atoms with van der Waals surface area (Å²) in [5.74, 6) is 1.69. The molecule has 0 heterocycles. The molecule has 0 unspecified atom stereocenters. The van der Waals surface area contributed by atoms with Crippen molar-refractivity contribution in [3.63, 3.8) is 0 Å². The summed E-state index contributed by atoms with van der Waals surface area (Å²) < 4.78 is 0. The molecule has 0 radical (unpaired) electrons. The highest BCUT2D eigenvalue weighted by Crippen LogP contribution is 2.35. The first-order valence-electron chi connectivity index (χ1n) is 8.65. The van der Waals surface area contributed by atoms with E-state index in [-0.39, 0.29) is 0 Å². The molecular weight excluding hydrogens is 244 g/mol. The highest BCUT2D eigenvalue weighted by Gasteiger charge is 2.29. The van der Waals surface area contributed by atoms with Crippen LogP contribution in [-0.2, 0) is 0 Å². The zero-order valence-corrected chi connectivity index (χ0v) is 14.7. The van der Waals surface area contributed by atoms with E-state index < -0.39 is 0 Å². The first kappa shape index (κ1) is 17.7. The minimum atomic E-state index is 0.846. The fraction of sp³-hybridized carbons (Fsp3) is 0.889. The van der Waals surface area contributed by atoms with Crippen LogP contribution in [-0.4, -0.2) is 49.1 Å². The summed E-state index contributed by atoms with van der Waals surface area (Å²) in [5, 5.41) is 0. The average molecular weight is 280 g/mol. The third-order valence-electron chi connectivity index (χ3n) is 5.31. The quantitative estimate of drug-likeness (QED) is 0.619. The van der Waals surface area contributed by atoms with E-state index in [2.05, 4.69) is 51.3 Å². The van der Waals surface area contributed by atoms with Crippen LogP contribution in [0.4, 0.5) is 0 Å². The van der Waals surface area contributed by atoms with Crippen LogP contribution in [0.25, 0.3) is 0 Å². The minimum absolute atomic E-state index is 0.846. The van der Waals surface area contributed by atoms with Crippen LogP contribution in [0.15, 0.2) is 11.1 Å². The Morgan fingerprint density at radius 2 is 1.00 bits per heavy atom. The number of rotatable bonds is 8. The van der Waals surface area contributed by atoms with Crippen molar-refractivity contribution in [3.8, 4) is 0 Å². The van der Waals surface area contributed by atoms with Gasteiger partial charge in [-0.2, -0.15) is 0 Å². The van der Waals surface area contributed by atoms with Gasteiger partial charge in [0, 0.05) is 13.1 Å². The highest BCUT2D eigenvalue weighted by molar-refractivity contribution is 5.15. The molecule has 0 aromatic rings. The van der Waals surface area contributed by atoms with Crippen molar-refractivity contribution in [1.82, 2.24) is 9.80 Å². The van der Waals surface area contributed by atoms with E-state index in [0.29, 0.717) is 0 Å². The van der Waals surface area contributed by atoms with E-state index in [4.69, 9.17) is 0 Å². The largest absolute Gasteiger partial charge is 0.304 e. The molecule has 0 amide bonds. The summed E-state index contributed by atoms with van der Waals surface area (Å²) >= 11 is 0. The summed E-state index contributed by atoms with van der Waals surface area (Å²) in [6.45, 7) is 21.2. The molecule has 118 valence electrons. The lowest BCUT2D eigenvalue weighted by molar-refractivity contribution is 0.149. The van der Waals surface area contributed by atoms with Crippen molar-refractivity contribution in [2.45, 2.75) is 54.4 Å². The van der Waals surface area contributed by atoms with Crippen molar-refractivity contribution < 1.29 is 0 Å². The molecular formula is C18H36N2. The number of hydrogen-bond acceptors (Lipinski definition) is 2. The van der Waals surface area contributed by atoms with Crippen LogP contribution in [0.2, 0.25) is 0 Å². The molecule has 2 atom stereocenters. The van der Waals surface area contributed by atoms with Gasteiger partial charge in [0.25, 0.3) is 0 Å². The Morgan fingerprint density at radius 3 is 1.25 bits per heavy atom. The molecule has 1 aliphatic carbocycles. The lowest BCUT2D eigenvalue weighted by atomic mass is 9.76. The summed E-state index contributed by atoms with van der Waals surface area (Å²) in [4.78, 5) is 5.21. The third kappa shape index (κ3) is 4.89. The van der Waals surface area contributed by atoms with Crippen molar-refractivity contribution >= 4 is 0 Å². The van der Waals surface area contributed by atoms with Crippen molar-refractivity contribution in [2.75, 3.05) is 39.3 Å².